The van der Waals surface area contributed by atoms with Gasteiger partial charge in [0.1, 0.15) is 0 Å². The zero-order valence-electron chi connectivity index (χ0n) is 12.5. The Hall–Kier alpha value is -0.910. The molecule has 1 aromatic carbocycles. The van der Waals surface area contributed by atoms with Crippen molar-refractivity contribution in [3.63, 3.8) is 0 Å². The van der Waals surface area contributed by atoms with Crippen molar-refractivity contribution in [2.75, 3.05) is 7.05 Å². The summed E-state index contributed by atoms with van der Waals surface area (Å²) in [6.45, 7) is 4.58. The summed E-state index contributed by atoms with van der Waals surface area (Å²) >= 11 is 0. The quantitative estimate of drug-likeness (QED) is 0.928. The van der Waals surface area contributed by atoms with Crippen LogP contribution in [0.4, 0.5) is 0 Å². The van der Waals surface area contributed by atoms with E-state index < -0.39 is 10.0 Å². The Morgan fingerprint density at radius 3 is 2.40 bits per heavy atom. The van der Waals surface area contributed by atoms with E-state index in [4.69, 9.17) is 0 Å². The van der Waals surface area contributed by atoms with Crippen LogP contribution in [0.15, 0.2) is 29.2 Å². The Balaban J connectivity index is 2.44. The minimum absolute atomic E-state index is 0.0754. The van der Waals surface area contributed by atoms with Crippen molar-refractivity contribution in [3.05, 3.63) is 29.8 Å². The Morgan fingerprint density at radius 2 is 1.80 bits per heavy atom. The highest BCUT2D eigenvalue weighted by Crippen LogP contribution is 2.30. The monoisotopic (exact) mass is 296 g/mol. The Morgan fingerprint density at radius 1 is 1.20 bits per heavy atom. The van der Waals surface area contributed by atoms with E-state index in [2.05, 4.69) is 5.32 Å². The lowest BCUT2D eigenvalue weighted by Crippen LogP contribution is -2.47. The summed E-state index contributed by atoms with van der Waals surface area (Å²) in [4.78, 5) is 0.440. The van der Waals surface area contributed by atoms with Gasteiger partial charge in [-0.1, -0.05) is 24.6 Å². The van der Waals surface area contributed by atoms with Crippen LogP contribution in [0, 0.1) is 0 Å². The van der Waals surface area contributed by atoms with E-state index in [0.29, 0.717) is 11.4 Å². The van der Waals surface area contributed by atoms with E-state index >= 15 is 0 Å². The summed E-state index contributed by atoms with van der Waals surface area (Å²) in [5.74, 6) is 0. The van der Waals surface area contributed by atoms with Gasteiger partial charge in [0.15, 0.2) is 0 Å². The van der Waals surface area contributed by atoms with E-state index in [1.54, 1.807) is 16.4 Å². The van der Waals surface area contributed by atoms with E-state index in [0.717, 1.165) is 24.8 Å². The molecule has 20 heavy (non-hydrogen) atoms. The van der Waals surface area contributed by atoms with Crippen LogP contribution in [0.3, 0.4) is 0 Å². The number of hydrogen-bond donors (Lipinski definition) is 1. The molecule has 0 bridgehead atoms. The van der Waals surface area contributed by atoms with Gasteiger partial charge in [0, 0.05) is 18.6 Å². The lowest BCUT2D eigenvalue weighted by Gasteiger charge is -2.38. The summed E-state index contributed by atoms with van der Waals surface area (Å²) in [6, 6.07) is 7.43. The summed E-state index contributed by atoms with van der Waals surface area (Å²) in [5, 5.41) is 3.04. The highest BCUT2D eigenvalue weighted by atomic mass is 32.2. The number of benzene rings is 1. The maximum atomic E-state index is 13.0. The average molecular weight is 296 g/mol. The van der Waals surface area contributed by atoms with Crippen molar-refractivity contribution in [1.29, 1.82) is 0 Å². The molecule has 1 aliphatic rings. The fourth-order valence-corrected chi connectivity index (χ4v) is 5.18. The van der Waals surface area contributed by atoms with Gasteiger partial charge in [0.25, 0.3) is 0 Å². The number of hydrogen-bond acceptors (Lipinski definition) is 3. The Kier molecular flexibility index (Phi) is 4.83. The van der Waals surface area contributed by atoms with Crippen LogP contribution in [-0.2, 0) is 16.6 Å². The number of rotatable bonds is 4. The van der Waals surface area contributed by atoms with Gasteiger partial charge in [0.05, 0.1) is 4.90 Å². The van der Waals surface area contributed by atoms with Crippen LogP contribution >= 0.6 is 0 Å². The fourth-order valence-electron chi connectivity index (χ4n) is 3.08. The van der Waals surface area contributed by atoms with Gasteiger partial charge in [-0.05, 0) is 45.4 Å². The molecule has 0 amide bonds. The largest absolute Gasteiger partial charge is 0.316 e. The first-order valence-electron chi connectivity index (χ1n) is 7.24. The maximum Gasteiger partial charge on any atom is 0.243 e. The normalized spacial score (nSPS) is 24.8. The minimum Gasteiger partial charge on any atom is -0.316 e. The predicted molar refractivity (Wildman–Crippen MR) is 81.0 cm³/mol. The second-order valence-electron chi connectivity index (χ2n) is 5.60. The highest BCUT2D eigenvalue weighted by Gasteiger charge is 2.36. The van der Waals surface area contributed by atoms with Gasteiger partial charge in [-0.3, -0.25) is 0 Å². The highest BCUT2D eigenvalue weighted by molar-refractivity contribution is 7.89. The molecule has 2 atom stereocenters. The van der Waals surface area contributed by atoms with Crippen molar-refractivity contribution in [2.24, 2.45) is 0 Å². The molecule has 0 aromatic heterocycles. The number of nitrogens with zero attached hydrogens (tertiary/aromatic N) is 1. The molecular formula is C15H24N2O2S. The average Bonchev–Trinajstić information content (AvgIpc) is 2.39. The molecule has 4 nitrogen and oxygen atoms in total. The second kappa shape index (κ2) is 6.24. The molecule has 0 radical (unpaired) electrons. The van der Waals surface area contributed by atoms with Gasteiger partial charge in [-0.2, -0.15) is 4.31 Å². The standard InChI is InChI=1S/C15H24N2O2S/c1-12-7-6-8-13(2)17(12)20(18,19)15-10-5-4-9-14(15)11-16-3/h4-5,9-10,12-13,16H,6-8,11H2,1-3H3/t12-,13+. The lowest BCUT2D eigenvalue weighted by molar-refractivity contribution is 0.204. The molecule has 1 saturated heterocycles. The molecule has 0 aliphatic carbocycles. The van der Waals surface area contributed by atoms with Crippen LogP contribution in [0.5, 0.6) is 0 Å². The van der Waals surface area contributed by atoms with Crippen LogP contribution in [0.25, 0.3) is 0 Å². The second-order valence-corrected chi connectivity index (χ2v) is 7.41. The molecule has 0 unspecified atom stereocenters. The molecule has 0 spiro atoms. The minimum atomic E-state index is -3.42. The predicted octanol–water partition coefficient (Wildman–Crippen LogP) is 2.36. The zero-order valence-corrected chi connectivity index (χ0v) is 13.3. The fraction of sp³-hybridized carbons (Fsp3) is 0.600. The van der Waals surface area contributed by atoms with Crippen LogP contribution < -0.4 is 5.32 Å². The summed E-state index contributed by atoms with van der Waals surface area (Å²) in [5.41, 5.74) is 0.833. The van der Waals surface area contributed by atoms with Gasteiger partial charge in [-0.25, -0.2) is 8.42 Å². The number of piperidine rings is 1. The van der Waals surface area contributed by atoms with E-state index in [9.17, 15) is 8.42 Å². The van der Waals surface area contributed by atoms with Gasteiger partial charge in [-0.15, -0.1) is 0 Å². The zero-order chi connectivity index (χ0) is 14.8. The van der Waals surface area contributed by atoms with E-state index in [1.165, 1.54) is 0 Å². The molecular weight excluding hydrogens is 272 g/mol. The summed E-state index contributed by atoms with van der Waals surface area (Å²) in [6.07, 6.45) is 2.99. The van der Waals surface area contributed by atoms with Crippen molar-refractivity contribution in [2.45, 2.75) is 56.6 Å². The summed E-state index contributed by atoms with van der Waals surface area (Å²) in [7, 11) is -1.59. The smallest absolute Gasteiger partial charge is 0.243 e. The first kappa shape index (κ1) is 15.5. The van der Waals surface area contributed by atoms with Crippen LogP contribution in [0.1, 0.15) is 38.7 Å². The molecule has 1 fully saturated rings. The summed E-state index contributed by atoms with van der Waals surface area (Å²) < 4.78 is 27.7. The van der Waals surface area contributed by atoms with Gasteiger partial charge in [0.2, 0.25) is 10.0 Å². The van der Waals surface area contributed by atoms with Crippen molar-refractivity contribution >= 4 is 10.0 Å². The van der Waals surface area contributed by atoms with E-state index in [1.807, 2.05) is 33.0 Å². The SMILES string of the molecule is CNCc1ccccc1S(=O)(=O)N1[C@H](C)CCC[C@@H]1C. The van der Waals surface area contributed by atoms with Crippen molar-refractivity contribution < 1.29 is 8.42 Å². The third-order valence-electron chi connectivity index (χ3n) is 4.01. The van der Waals surface area contributed by atoms with Crippen LogP contribution in [0.2, 0.25) is 0 Å². The molecule has 0 saturated carbocycles. The van der Waals surface area contributed by atoms with Crippen molar-refractivity contribution in [1.82, 2.24) is 9.62 Å². The Labute approximate surface area is 122 Å². The third-order valence-corrected chi connectivity index (χ3v) is 6.24. The first-order valence-corrected chi connectivity index (χ1v) is 8.68. The maximum absolute atomic E-state index is 13.0. The Bertz CT molecular complexity index is 547. The molecule has 5 heteroatoms. The van der Waals surface area contributed by atoms with Gasteiger partial charge >= 0.3 is 0 Å². The molecule has 1 aliphatic heterocycles. The molecule has 2 rings (SSSR count). The lowest BCUT2D eigenvalue weighted by atomic mass is 10.0. The number of sulfonamides is 1. The van der Waals surface area contributed by atoms with Gasteiger partial charge < -0.3 is 5.32 Å². The molecule has 112 valence electrons. The van der Waals surface area contributed by atoms with Crippen molar-refractivity contribution in [3.8, 4) is 0 Å². The molecule has 1 aromatic rings. The van der Waals surface area contributed by atoms with Crippen LogP contribution in [-0.4, -0.2) is 31.9 Å². The topological polar surface area (TPSA) is 49.4 Å². The molecule has 1 N–H and O–H groups in total. The number of nitrogens with one attached hydrogen (secondary N) is 1. The molecule has 1 heterocycles. The van der Waals surface area contributed by atoms with E-state index in [-0.39, 0.29) is 12.1 Å². The first-order chi connectivity index (χ1) is 9.48. The third kappa shape index (κ3) is 2.90.